The van der Waals surface area contributed by atoms with E-state index in [0.29, 0.717) is 10.6 Å². The molecular weight excluding hydrogens is 360 g/mol. The number of rotatable bonds is 4. The average molecular weight is 377 g/mol. The molecular formula is C18H17ClN2O3S. The predicted molar refractivity (Wildman–Crippen MR) is 99.5 cm³/mol. The normalized spacial score (nSPS) is 11.8. The van der Waals surface area contributed by atoms with Crippen molar-refractivity contribution in [2.75, 3.05) is 0 Å². The molecule has 0 aliphatic rings. The molecule has 3 rings (SSSR count). The molecule has 0 unspecified atom stereocenters. The lowest BCUT2D eigenvalue weighted by Gasteiger charge is -2.09. The van der Waals surface area contributed by atoms with Crippen molar-refractivity contribution in [3.63, 3.8) is 0 Å². The van der Waals surface area contributed by atoms with Crippen molar-refractivity contribution in [2.24, 2.45) is 0 Å². The Morgan fingerprint density at radius 2 is 1.76 bits per heavy atom. The van der Waals surface area contributed by atoms with Crippen molar-refractivity contribution in [1.29, 1.82) is 0 Å². The lowest BCUT2D eigenvalue weighted by molar-refractivity contribution is 0.581. The van der Waals surface area contributed by atoms with E-state index in [0.717, 1.165) is 22.0 Å². The van der Waals surface area contributed by atoms with E-state index in [-0.39, 0.29) is 17.0 Å². The van der Waals surface area contributed by atoms with Gasteiger partial charge in [-0.1, -0.05) is 23.2 Å². The molecule has 0 spiro atoms. The third-order valence-electron chi connectivity index (χ3n) is 3.95. The van der Waals surface area contributed by atoms with Gasteiger partial charge in [0.2, 0.25) is 10.0 Å². The van der Waals surface area contributed by atoms with Gasteiger partial charge >= 0.3 is 0 Å². The minimum atomic E-state index is -3.72. The standard InChI is InChI=1S/C18H17ClN2O3S/c1-11-7-12(2)17-13(8-11)9-14(18(22)21-17)10-20-25(23,24)16-5-3-15(19)4-6-16/h3-9,20H,10H2,1-2H3,(H,21,22). The zero-order valence-electron chi connectivity index (χ0n) is 13.8. The maximum Gasteiger partial charge on any atom is 0.252 e. The molecule has 0 aliphatic heterocycles. The van der Waals surface area contributed by atoms with Crippen molar-refractivity contribution >= 4 is 32.5 Å². The second-order valence-electron chi connectivity index (χ2n) is 5.95. The first-order valence-electron chi connectivity index (χ1n) is 7.65. The van der Waals surface area contributed by atoms with Gasteiger partial charge in [-0.25, -0.2) is 13.1 Å². The van der Waals surface area contributed by atoms with Gasteiger partial charge in [0.05, 0.1) is 10.4 Å². The molecule has 25 heavy (non-hydrogen) atoms. The molecule has 0 bridgehead atoms. The van der Waals surface area contributed by atoms with E-state index in [1.807, 2.05) is 26.0 Å². The number of aromatic amines is 1. The lowest BCUT2D eigenvalue weighted by atomic mass is 10.1. The smallest absolute Gasteiger partial charge is 0.252 e. The lowest BCUT2D eigenvalue weighted by Crippen LogP contribution is -2.27. The van der Waals surface area contributed by atoms with Gasteiger partial charge in [0, 0.05) is 17.1 Å². The molecule has 1 aromatic heterocycles. The quantitative estimate of drug-likeness (QED) is 0.733. The summed E-state index contributed by atoms with van der Waals surface area (Å²) in [6.45, 7) is 3.80. The van der Waals surface area contributed by atoms with Crippen LogP contribution in [0.5, 0.6) is 0 Å². The van der Waals surface area contributed by atoms with Crippen LogP contribution in [-0.4, -0.2) is 13.4 Å². The second kappa shape index (κ2) is 6.63. The van der Waals surface area contributed by atoms with Gasteiger partial charge in [-0.2, -0.15) is 0 Å². The Labute approximate surface area is 150 Å². The first kappa shape index (κ1) is 17.7. The van der Waals surface area contributed by atoms with Crippen molar-refractivity contribution in [1.82, 2.24) is 9.71 Å². The second-order valence-corrected chi connectivity index (χ2v) is 8.15. The van der Waals surface area contributed by atoms with Gasteiger partial charge in [-0.15, -0.1) is 0 Å². The van der Waals surface area contributed by atoms with Crippen molar-refractivity contribution in [3.05, 3.63) is 74.5 Å². The highest BCUT2D eigenvalue weighted by Crippen LogP contribution is 2.18. The Bertz CT molecular complexity index is 1100. The van der Waals surface area contributed by atoms with Crippen molar-refractivity contribution in [2.45, 2.75) is 25.3 Å². The van der Waals surface area contributed by atoms with Crippen LogP contribution in [0, 0.1) is 13.8 Å². The van der Waals surface area contributed by atoms with Gasteiger partial charge in [0.25, 0.3) is 5.56 Å². The van der Waals surface area contributed by atoms with E-state index in [9.17, 15) is 13.2 Å². The Morgan fingerprint density at radius 3 is 2.44 bits per heavy atom. The van der Waals surface area contributed by atoms with E-state index >= 15 is 0 Å². The number of nitrogens with one attached hydrogen (secondary N) is 2. The number of aromatic nitrogens is 1. The van der Waals surface area contributed by atoms with Crippen LogP contribution in [0.25, 0.3) is 10.9 Å². The summed E-state index contributed by atoms with van der Waals surface area (Å²) in [7, 11) is -3.72. The zero-order chi connectivity index (χ0) is 18.2. The summed E-state index contributed by atoms with van der Waals surface area (Å²) in [6.07, 6.45) is 0. The topological polar surface area (TPSA) is 79.0 Å². The van der Waals surface area contributed by atoms with Crippen LogP contribution in [0.1, 0.15) is 16.7 Å². The number of aryl methyl sites for hydroxylation is 2. The number of H-pyrrole nitrogens is 1. The molecule has 0 saturated carbocycles. The van der Waals surface area contributed by atoms with Gasteiger partial charge < -0.3 is 4.98 Å². The zero-order valence-corrected chi connectivity index (χ0v) is 15.3. The fourth-order valence-corrected chi connectivity index (χ4v) is 3.87. The van der Waals surface area contributed by atoms with Crippen LogP contribution >= 0.6 is 11.6 Å². The van der Waals surface area contributed by atoms with Crippen molar-refractivity contribution in [3.8, 4) is 0 Å². The summed E-state index contributed by atoms with van der Waals surface area (Å²) in [6, 6.07) is 11.5. The molecule has 0 aliphatic carbocycles. The molecule has 0 saturated heterocycles. The fraction of sp³-hybridized carbons (Fsp3) is 0.167. The molecule has 0 amide bonds. The first-order valence-corrected chi connectivity index (χ1v) is 9.51. The average Bonchev–Trinajstić information content (AvgIpc) is 2.54. The Balaban J connectivity index is 1.91. The summed E-state index contributed by atoms with van der Waals surface area (Å²) in [5.41, 5.74) is 2.86. The molecule has 130 valence electrons. The highest BCUT2D eigenvalue weighted by molar-refractivity contribution is 7.89. The maximum absolute atomic E-state index is 12.3. The van der Waals surface area contributed by atoms with E-state index in [1.165, 1.54) is 24.3 Å². The van der Waals surface area contributed by atoms with E-state index < -0.39 is 10.0 Å². The monoisotopic (exact) mass is 376 g/mol. The van der Waals surface area contributed by atoms with Crippen LogP contribution in [0.2, 0.25) is 5.02 Å². The third kappa shape index (κ3) is 3.76. The number of pyridine rings is 1. The highest BCUT2D eigenvalue weighted by atomic mass is 35.5. The highest BCUT2D eigenvalue weighted by Gasteiger charge is 2.15. The predicted octanol–water partition coefficient (Wildman–Crippen LogP) is 3.28. The Kier molecular flexibility index (Phi) is 4.69. The van der Waals surface area contributed by atoms with Gasteiger partial charge in [0.15, 0.2) is 0 Å². The summed E-state index contributed by atoms with van der Waals surface area (Å²) in [5, 5.41) is 1.33. The molecule has 7 heteroatoms. The molecule has 1 heterocycles. The van der Waals surface area contributed by atoms with Gasteiger partial charge in [0.1, 0.15) is 0 Å². The number of sulfonamides is 1. The largest absolute Gasteiger partial charge is 0.321 e. The SMILES string of the molecule is Cc1cc(C)c2[nH]c(=O)c(CNS(=O)(=O)c3ccc(Cl)cc3)cc2c1. The number of hydrogen-bond donors (Lipinski definition) is 2. The number of hydrogen-bond acceptors (Lipinski definition) is 3. The first-order chi connectivity index (χ1) is 11.8. The summed E-state index contributed by atoms with van der Waals surface area (Å²) >= 11 is 5.78. The molecule has 2 aromatic carbocycles. The summed E-state index contributed by atoms with van der Waals surface area (Å²) < 4.78 is 27.1. The number of fused-ring (bicyclic) bond motifs is 1. The molecule has 3 aromatic rings. The maximum atomic E-state index is 12.3. The molecule has 5 nitrogen and oxygen atoms in total. The van der Waals surface area contributed by atoms with E-state index in [1.54, 1.807) is 6.07 Å². The third-order valence-corrected chi connectivity index (χ3v) is 5.62. The van der Waals surface area contributed by atoms with E-state index in [4.69, 9.17) is 11.6 Å². The Hall–Kier alpha value is -2.15. The van der Waals surface area contributed by atoms with Crippen LogP contribution in [0.3, 0.4) is 0 Å². The number of halogens is 1. The minimum Gasteiger partial charge on any atom is -0.321 e. The van der Waals surface area contributed by atoms with Gasteiger partial charge in [-0.05, 0) is 61.2 Å². The number of benzene rings is 2. The molecule has 2 N–H and O–H groups in total. The fourth-order valence-electron chi connectivity index (χ4n) is 2.73. The summed E-state index contributed by atoms with van der Waals surface area (Å²) in [4.78, 5) is 15.2. The molecule has 0 fully saturated rings. The van der Waals surface area contributed by atoms with E-state index in [2.05, 4.69) is 9.71 Å². The van der Waals surface area contributed by atoms with Crippen LogP contribution in [-0.2, 0) is 16.6 Å². The molecule has 0 atom stereocenters. The Morgan fingerprint density at radius 1 is 1.08 bits per heavy atom. The van der Waals surface area contributed by atoms with Crippen LogP contribution in [0.4, 0.5) is 0 Å². The van der Waals surface area contributed by atoms with Crippen LogP contribution < -0.4 is 10.3 Å². The summed E-state index contributed by atoms with van der Waals surface area (Å²) in [5.74, 6) is 0. The molecule has 0 radical (unpaired) electrons. The van der Waals surface area contributed by atoms with Crippen molar-refractivity contribution < 1.29 is 8.42 Å². The van der Waals surface area contributed by atoms with Crippen LogP contribution in [0.15, 0.2) is 52.2 Å². The minimum absolute atomic E-state index is 0.0940. The van der Waals surface area contributed by atoms with Gasteiger partial charge in [-0.3, -0.25) is 4.79 Å².